The number of para-hydroxylation sites is 1. The average Bonchev–Trinajstić information content (AvgIpc) is 3.52. The molecule has 2 heterocycles. The number of aromatic nitrogens is 2. The third-order valence-electron chi connectivity index (χ3n) is 6.48. The smallest absolute Gasteiger partial charge is 0.268 e. The van der Waals surface area contributed by atoms with Crippen molar-refractivity contribution in [2.75, 3.05) is 11.5 Å². The summed E-state index contributed by atoms with van der Waals surface area (Å²) in [6.45, 7) is 2.00. The van der Waals surface area contributed by atoms with Crippen molar-refractivity contribution in [2.24, 2.45) is 0 Å². The molecule has 1 saturated heterocycles. The standard InChI is InChI=1S/C30H28N4O4S/c1-21-12-14-22(15-13-21)28-24(19-34(33-28)26-10-6-3-7-11-26)18-27(32-29(35)23-8-4-2-5-9-23)30(36)31-25-16-17-39(37,38)20-25/h2-15,18-19,25H,16-17,20H2,1H3,(H,31,36)(H,32,35)/b27-18-. The van der Waals surface area contributed by atoms with E-state index in [9.17, 15) is 18.0 Å². The van der Waals surface area contributed by atoms with Crippen LogP contribution in [-0.2, 0) is 14.6 Å². The maximum atomic E-state index is 13.4. The van der Waals surface area contributed by atoms with E-state index in [-0.39, 0.29) is 17.2 Å². The van der Waals surface area contributed by atoms with Crippen LogP contribution in [0.25, 0.3) is 23.0 Å². The van der Waals surface area contributed by atoms with Gasteiger partial charge in [-0.05, 0) is 43.7 Å². The molecule has 1 aromatic heterocycles. The number of aryl methyl sites for hydroxylation is 1. The van der Waals surface area contributed by atoms with E-state index in [4.69, 9.17) is 5.10 Å². The lowest BCUT2D eigenvalue weighted by Crippen LogP contribution is -2.41. The van der Waals surface area contributed by atoms with Gasteiger partial charge in [-0.15, -0.1) is 0 Å². The van der Waals surface area contributed by atoms with Gasteiger partial charge in [-0.25, -0.2) is 13.1 Å². The van der Waals surface area contributed by atoms with Gasteiger partial charge >= 0.3 is 0 Å². The Hall–Kier alpha value is -4.50. The third kappa shape index (κ3) is 6.32. The van der Waals surface area contributed by atoms with Crippen molar-refractivity contribution < 1.29 is 18.0 Å². The van der Waals surface area contributed by atoms with Crippen molar-refractivity contribution in [3.8, 4) is 16.9 Å². The normalized spacial score (nSPS) is 16.5. The molecule has 1 atom stereocenters. The highest BCUT2D eigenvalue weighted by Crippen LogP contribution is 2.26. The summed E-state index contributed by atoms with van der Waals surface area (Å²) in [6.07, 6.45) is 3.71. The summed E-state index contributed by atoms with van der Waals surface area (Å²) in [5.74, 6) is -1.12. The largest absolute Gasteiger partial charge is 0.347 e. The van der Waals surface area contributed by atoms with Crippen LogP contribution < -0.4 is 10.6 Å². The minimum atomic E-state index is -3.20. The maximum Gasteiger partial charge on any atom is 0.268 e. The van der Waals surface area contributed by atoms with Gasteiger partial charge in [0.25, 0.3) is 11.8 Å². The van der Waals surface area contributed by atoms with Crippen molar-refractivity contribution in [3.63, 3.8) is 0 Å². The molecular formula is C30H28N4O4S. The molecule has 198 valence electrons. The zero-order valence-electron chi connectivity index (χ0n) is 21.4. The van der Waals surface area contributed by atoms with E-state index in [1.54, 1.807) is 47.3 Å². The molecule has 0 aliphatic carbocycles. The Labute approximate surface area is 227 Å². The SMILES string of the molecule is Cc1ccc(-c2nn(-c3ccccc3)cc2/C=C(\NC(=O)c2ccccc2)C(=O)NC2CCS(=O)(=O)C2)cc1. The van der Waals surface area contributed by atoms with Crippen molar-refractivity contribution in [1.29, 1.82) is 0 Å². The molecule has 1 fully saturated rings. The Bertz CT molecular complexity index is 1630. The van der Waals surface area contributed by atoms with Crippen LogP contribution in [0.4, 0.5) is 0 Å². The van der Waals surface area contributed by atoms with Gasteiger partial charge in [0.15, 0.2) is 9.84 Å². The second kappa shape index (κ2) is 11.1. The molecule has 2 N–H and O–H groups in total. The molecule has 39 heavy (non-hydrogen) atoms. The molecule has 3 aromatic carbocycles. The highest BCUT2D eigenvalue weighted by molar-refractivity contribution is 7.91. The molecular weight excluding hydrogens is 512 g/mol. The van der Waals surface area contributed by atoms with Gasteiger partial charge in [-0.2, -0.15) is 5.10 Å². The van der Waals surface area contributed by atoms with E-state index in [0.717, 1.165) is 16.8 Å². The number of amides is 2. The Morgan fingerprint density at radius 1 is 0.949 bits per heavy atom. The Kier molecular flexibility index (Phi) is 7.42. The van der Waals surface area contributed by atoms with Gasteiger partial charge in [-0.1, -0.05) is 66.2 Å². The lowest BCUT2D eigenvalue weighted by molar-refractivity contribution is -0.118. The second-order valence-corrected chi connectivity index (χ2v) is 11.8. The van der Waals surface area contributed by atoms with Gasteiger partial charge in [0.2, 0.25) is 0 Å². The van der Waals surface area contributed by atoms with Crippen LogP contribution in [0.5, 0.6) is 0 Å². The highest BCUT2D eigenvalue weighted by Gasteiger charge is 2.30. The highest BCUT2D eigenvalue weighted by atomic mass is 32.2. The van der Waals surface area contributed by atoms with Crippen molar-refractivity contribution in [3.05, 3.63) is 114 Å². The Morgan fingerprint density at radius 3 is 2.26 bits per heavy atom. The molecule has 2 amide bonds. The van der Waals surface area contributed by atoms with Crippen LogP contribution in [0.15, 0.2) is 96.8 Å². The van der Waals surface area contributed by atoms with Gasteiger partial charge in [0.1, 0.15) is 11.4 Å². The Morgan fingerprint density at radius 2 is 1.62 bits per heavy atom. The molecule has 1 aliphatic rings. The predicted molar refractivity (Wildman–Crippen MR) is 151 cm³/mol. The van der Waals surface area contributed by atoms with E-state index in [2.05, 4.69) is 10.6 Å². The fraction of sp³-hybridized carbons (Fsp3) is 0.167. The van der Waals surface area contributed by atoms with E-state index in [1.165, 1.54) is 0 Å². The number of carbonyl (C=O) groups excluding carboxylic acids is 2. The number of nitrogens with zero attached hydrogens (tertiary/aromatic N) is 2. The number of hydrogen-bond donors (Lipinski definition) is 2. The first-order valence-electron chi connectivity index (χ1n) is 12.6. The zero-order chi connectivity index (χ0) is 27.4. The van der Waals surface area contributed by atoms with Crippen LogP contribution in [-0.4, -0.2) is 47.6 Å². The third-order valence-corrected chi connectivity index (χ3v) is 8.25. The first-order valence-corrected chi connectivity index (χ1v) is 14.4. The van der Waals surface area contributed by atoms with Crippen LogP contribution >= 0.6 is 0 Å². The van der Waals surface area contributed by atoms with Crippen LogP contribution in [0, 0.1) is 6.92 Å². The number of carbonyl (C=O) groups is 2. The Balaban J connectivity index is 1.56. The van der Waals surface area contributed by atoms with E-state index >= 15 is 0 Å². The quantitative estimate of drug-likeness (QED) is 0.345. The number of nitrogens with one attached hydrogen (secondary N) is 2. The van der Waals surface area contributed by atoms with Crippen LogP contribution in [0.2, 0.25) is 0 Å². The van der Waals surface area contributed by atoms with E-state index in [1.807, 2.05) is 61.5 Å². The number of rotatable bonds is 7. The first kappa shape index (κ1) is 26.1. The minimum absolute atomic E-state index is 0.00544. The zero-order valence-corrected chi connectivity index (χ0v) is 22.2. The molecule has 0 spiro atoms. The first-order chi connectivity index (χ1) is 18.8. The minimum Gasteiger partial charge on any atom is -0.347 e. The lowest BCUT2D eigenvalue weighted by atomic mass is 10.1. The predicted octanol–water partition coefficient (Wildman–Crippen LogP) is 3.92. The van der Waals surface area contributed by atoms with Crippen molar-refractivity contribution in [1.82, 2.24) is 20.4 Å². The van der Waals surface area contributed by atoms with Gasteiger partial charge in [0.05, 0.1) is 17.2 Å². The monoisotopic (exact) mass is 540 g/mol. The summed E-state index contributed by atoms with van der Waals surface area (Å²) in [5.41, 5.74) is 4.40. The van der Waals surface area contributed by atoms with Crippen molar-refractivity contribution in [2.45, 2.75) is 19.4 Å². The molecule has 8 nitrogen and oxygen atoms in total. The van der Waals surface area contributed by atoms with Gasteiger partial charge in [-0.3, -0.25) is 9.59 Å². The number of hydrogen-bond acceptors (Lipinski definition) is 5. The van der Waals surface area contributed by atoms with Crippen LogP contribution in [0.1, 0.15) is 27.9 Å². The molecule has 0 bridgehead atoms. The molecule has 4 aromatic rings. The fourth-order valence-corrected chi connectivity index (χ4v) is 6.08. The molecule has 1 aliphatic heterocycles. The van der Waals surface area contributed by atoms with Crippen molar-refractivity contribution >= 4 is 27.7 Å². The molecule has 0 radical (unpaired) electrons. The topological polar surface area (TPSA) is 110 Å². The maximum absolute atomic E-state index is 13.4. The van der Waals surface area contributed by atoms with Gasteiger partial charge in [0, 0.05) is 28.9 Å². The molecule has 5 rings (SSSR count). The fourth-order valence-electron chi connectivity index (χ4n) is 4.41. The van der Waals surface area contributed by atoms with Gasteiger partial charge < -0.3 is 10.6 Å². The molecule has 9 heteroatoms. The molecule has 0 saturated carbocycles. The second-order valence-electron chi connectivity index (χ2n) is 9.53. The van der Waals surface area contributed by atoms with E-state index < -0.39 is 27.7 Å². The number of sulfone groups is 1. The summed E-state index contributed by atoms with van der Waals surface area (Å²) < 4.78 is 25.6. The summed E-state index contributed by atoms with van der Waals surface area (Å²) in [5, 5.41) is 10.3. The number of benzene rings is 3. The molecule has 1 unspecified atom stereocenters. The summed E-state index contributed by atoms with van der Waals surface area (Å²) >= 11 is 0. The average molecular weight is 541 g/mol. The van der Waals surface area contributed by atoms with Crippen LogP contribution in [0.3, 0.4) is 0 Å². The van der Waals surface area contributed by atoms with E-state index in [0.29, 0.717) is 23.2 Å². The summed E-state index contributed by atoms with van der Waals surface area (Å²) in [6, 6.07) is 25.5. The summed E-state index contributed by atoms with van der Waals surface area (Å²) in [7, 11) is -3.20. The summed E-state index contributed by atoms with van der Waals surface area (Å²) in [4.78, 5) is 26.5. The lowest BCUT2D eigenvalue weighted by Gasteiger charge is -2.14.